The number of benzene rings is 2. The molecule has 2 amide bonds. The molecule has 0 atom stereocenters. The molecule has 8 nitrogen and oxygen atoms in total. The molecule has 0 spiro atoms. The maximum Gasteiger partial charge on any atom is 0.269 e. The van der Waals surface area contributed by atoms with Gasteiger partial charge in [-0.25, -0.2) is 17.7 Å². The Balaban J connectivity index is 1.49. The maximum atomic E-state index is 12.6. The minimum Gasteiger partial charge on any atom is -0.350 e. The Morgan fingerprint density at radius 1 is 1.10 bits per heavy atom. The van der Waals surface area contributed by atoms with E-state index in [0.717, 1.165) is 17.1 Å². The normalized spacial score (nSPS) is 14.7. The first-order chi connectivity index (χ1) is 13.9. The Bertz CT molecular complexity index is 1220. The minimum atomic E-state index is -4.01. The molecule has 0 saturated carbocycles. The van der Waals surface area contributed by atoms with Crippen molar-refractivity contribution in [3.63, 3.8) is 0 Å². The SMILES string of the molecule is Cc1nccn1-c1ccccc1CNC(=O)CN1C(=O)c2ccccc2S1(=O)=O. The Labute approximate surface area is 167 Å². The van der Waals surface area contributed by atoms with Crippen LogP contribution in [0.2, 0.25) is 0 Å². The second-order valence-electron chi connectivity index (χ2n) is 6.56. The molecule has 0 aliphatic carbocycles. The van der Waals surface area contributed by atoms with Crippen molar-refractivity contribution < 1.29 is 18.0 Å². The Morgan fingerprint density at radius 2 is 1.83 bits per heavy atom. The first kappa shape index (κ1) is 18.9. The molecular formula is C20H18N4O4S. The average Bonchev–Trinajstić information content (AvgIpc) is 3.22. The largest absolute Gasteiger partial charge is 0.350 e. The van der Waals surface area contributed by atoms with E-state index in [0.29, 0.717) is 4.31 Å². The lowest BCUT2D eigenvalue weighted by atomic mass is 10.1. The Hall–Kier alpha value is -3.46. The van der Waals surface area contributed by atoms with Crippen LogP contribution in [-0.4, -0.2) is 40.6 Å². The van der Waals surface area contributed by atoms with E-state index in [1.165, 1.54) is 12.1 Å². The van der Waals surface area contributed by atoms with Crippen LogP contribution in [0.15, 0.2) is 65.8 Å². The number of hydrogen-bond acceptors (Lipinski definition) is 5. The van der Waals surface area contributed by atoms with Gasteiger partial charge in [0, 0.05) is 18.9 Å². The smallest absolute Gasteiger partial charge is 0.269 e. The van der Waals surface area contributed by atoms with Crippen molar-refractivity contribution >= 4 is 21.8 Å². The number of carbonyl (C=O) groups is 2. The van der Waals surface area contributed by atoms with Crippen molar-refractivity contribution in [2.45, 2.75) is 18.4 Å². The summed E-state index contributed by atoms with van der Waals surface area (Å²) in [5, 5.41) is 2.70. The number of sulfonamides is 1. The van der Waals surface area contributed by atoms with Gasteiger partial charge in [-0.05, 0) is 30.7 Å². The summed E-state index contributed by atoms with van der Waals surface area (Å²) in [6, 6.07) is 13.4. The number of nitrogens with one attached hydrogen (secondary N) is 1. The third-order valence-corrected chi connectivity index (χ3v) is 6.54. The van der Waals surface area contributed by atoms with E-state index in [1.807, 2.05) is 42.0 Å². The van der Waals surface area contributed by atoms with Gasteiger partial charge in [0.25, 0.3) is 15.9 Å². The summed E-state index contributed by atoms with van der Waals surface area (Å²) in [4.78, 5) is 29.0. The second kappa shape index (κ2) is 7.17. The summed E-state index contributed by atoms with van der Waals surface area (Å²) in [5.74, 6) is -0.452. The van der Waals surface area contributed by atoms with Gasteiger partial charge < -0.3 is 9.88 Å². The topological polar surface area (TPSA) is 101 Å². The summed E-state index contributed by atoms with van der Waals surface area (Å²) in [5.41, 5.74) is 1.78. The highest BCUT2D eigenvalue weighted by atomic mass is 32.2. The van der Waals surface area contributed by atoms with Gasteiger partial charge in [-0.1, -0.05) is 30.3 Å². The molecule has 0 radical (unpaired) electrons. The fourth-order valence-electron chi connectivity index (χ4n) is 3.30. The first-order valence-corrected chi connectivity index (χ1v) is 10.3. The zero-order valence-corrected chi connectivity index (χ0v) is 16.4. The molecule has 1 aliphatic rings. The molecule has 0 fully saturated rings. The van der Waals surface area contributed by atoms with Gasteiger partial charge >= 0.3 is 0 Å². The quantitative estimate of drug-likeness (QED) is 0.689. The number of carbonyl (C=O) groups excluding carboxylic acids is 2. The van der Waals surface area contributed by atoms with Crippen LogP contribution in [0.5, 0.6) is 0 Å². The number of aromatic nitrogens is 2. The lowest BCUT2D eigenvalue weighted by Gasteiger charge is -2.16. The zero-order valence-electron chi connectivity index (χ0n) is 15.6. The number of hydrogen-bond donors (Lipinski definition) is 1. The number of aryl methyl sites for hydroxylation is 1. The minimum absolute atomic E-state index is 0.0706. The van der Waals surface area contributed by atoms with Crippen LogP contribution in [-0.2, 0) is 21.4 Å². The molecule has 2 heterocycles. The van der Waals surface area contributed by atoms with Crippen LogP contribution in [0.3, 0.4) is 0 Å². The lowest BCUT2D eigenvalue weighted by molar-refractivity contribution is -0.121. The van der Waals surface area contributed by atoms with E-state index in [1.54, 1.807) is 18.3 Å². The van der Waals surface area contributed by atoms with Crippen molar-refractivity contribution in [1.29, 1.82) is 0 Å². The van der Waals surface area contributed by atoms with Gasteiger partial charge in [-0.15, -0.1) is 0 Å². The van der Waals surface area contributed by atoms with Gasteiger partial charge in [0.2, 0.25) is 5.91 Å². The van der Waals surface area contributed by atoms with Gasteiger partial charge in [-0.3, -0.25) is 9.59 Å². The van der Waals surface area contributed by atoms with Crippen molar-refractivity contribution in [3.05, 3.63) is 77.9 Å². The number of para-hydroxylation sites is 1. The summed E-state index contributed by atoms with van der Waals surface area (Å²) < 4.78 is 27.6. The predicted octanol–water partition coefficient (Wildman–Crippen LogP) is 1.64. The molecule has 0 bridgehead atoms. The zero-order chi connectivity index (χ0) is 20.6. The molecular weight excluding hydrogens is 392 g/mol. The number of fused-ring (bicyclic) bond motifs is 1. The standard InChI is InChI=1S/C20H18N4O4S/c1-14-21-10-11-23(14)17-8-4-2-6-15(17)12-22-19(25)13-24-20(26)16-7-3-5-9-18(16)29(24,27)28/h2-11H,12-13H2,1H3,(H,22,25). The van der Waals surface area contributed by atoms with Crippen LogP contribution in [0.25, 0.3) is 5.69 Å². The first-order valence-electron chi connectivity index (χ1n) is 8.90. The van der Waals surface area contributed by atoms with E-state index in [-0.39, 0.29) is 17.0 Å². The molecule has 1 aromatic heterocycles. The monoisotopic (exact) mass is 410 g/mol. The molecule has 1 N–H and O–H groups in total. The molecule has 0 unspecified atom stereocenters. The molecule has 9 heteroatoms. The molecule has 0 saturated heterocycles. The molecule has 29 heavy (non-hydrogen) atoms. The molecule has 4 rings (SSSR count). The van der Waals surface area contributed by atoms with Crippen LogP contribution in [0.4, 0.5) is 0 Å². The summed E-state index contributed by atoms with van der Waals surface area (Å²) in [6.45, 7) is 1.49. The van der Waals surface area contributed by atoms with Crippen LogP contribution < -0.4 is 5.32 Å². The average molecular weight is 410 g/mol. The fourth-order valence-corrected chi connectivity index (χ4v) is 4.82. The highest BCUT2D eigenvalue weighted by Crippen LogP contribution is 2.29. The van der Waals surface area contributed by atoms with E-state index >= 15 is 0 Å². The van der Waals surface area contributed by atoms with Crippen LogP contribution in [0.1, 0.15) is 21.7 Å². The number of imidazole rings is 1. The van der Waals surface area contributed by atoms with Gasteiger partial charge in [0.05, 0.1) is 11.3 Å². The lowest BCUT2D eigenvalue weighted by Crippen LogP contribution is -2.40. The van der Waals surface area contributed by atoms with Crippen molar-refractivity contribution in [2.75, 3.05) is 6.54 Å². The number of amides is 2. The Morgan fingerprint density at radius 3 is 2.55 bits per heavy atom. The maximum absolute atomic E-state index is 12.6. The Kier molecular flexibility index (Phi) is 4.67. The van der Waals surface area contributed by atoms with Crippen LogP contribution in [0, 0.1) is 6.92 Å². The van der Waals surface area contributed by atoms with Gasteiger partial charge in [-0.2, -0.15) is 0 Å². The molecule has 2 aromatic carbocycles. The third-order valence-electron chi connectivity index (χ3n) is 4.75. The fraction of sp³-hybridized carbons (Fsp3) is 0.150. The van der Waals surface area contributed by atoms with Crippen molar-refractivity contribution in [1.82, 2.24) is 19.2 Å². The number of rotatable bonds is 5. The summed E-state index contributed by atoms with van der Waals surface area (Å²) in [7, 11) is -4.01. The van der Waals surface area contributed by atoms with Crippen LogP contribution >= 0.6 is 0 Å². The molecule has 3 aromatic rings. The summed E-state index contributed by atoms with van der Waals surface area (Å²) in [6.07, 6.45) is 3.51. The van der Waals surface area contributed by atoms with Crippen molar-refractivity contribution in [3.8, 4) is 5.69 Å². The number of nitrogens with zero attached hydrogens (tertiary/aromatic N) is 3. The third kappa shape index (κ3) is 3.29. The molecule has 1 aliphatic heterocycles. The van der Waals surface area contributed by atoms with Gasteiger partial charge in [0.15, 0.2) is 0 Å². The summed E-state index contributed by atoms with van der Waals surface area (Å²) >= 11 is 0. The highest BCUT2D eigenvalue weighted by Gasteiger charge is 2.41. The van der Waals surface area contributed by atoms with E-state index in [2.05, 4.69) is 10.3 Å². The predicted molar refractivity (Wildman–Crippen MR) is 105 cm³/mol. The van der Waals surface area contributed by atoms with Crippen molar-refractivity contribution in [2.24, 2.45) is 0 Å². The second-order valence-corrected chi connectivity index (χ2v) is 8.39. The molecule has 148 valence electrons. The van der Waals surface area contributed by atoms with E-state index < -0.39 is 28.4 Å². The highest BCUT2D eigenvalue weighted by molar-refractivity contribution is 7.90. The van der Waals surface area contributed by atoms with E-state index in [4.69, 9.17) is 0 Å². The van der Waals surface area contributed by atoms with Gasteiger partial charge in [0.1, 0.15) is 17.3 Å². The van der Waals surface area contributed by atoms with E-state index in [9.17, 15) is 18.0 Å².